The zero-order chi connectivity index (χ0) is 12.4. The first-order chi connectivity index (χ1) is 8.06. The Bertz CT molecular complexity index is 568. The number of nitro groups is 1. The Morgan fingerprint density at radius 1 is 1.53 bits per heavy atom. The van der Waals surface area contributed by atoms with E-state index in [1.54, 1.807) is 6.07 Å². The second kappa shape index (κ2) is 4.46. The highest BCUT2D eigenvalue weighted by molar-refractivity contribution is 7.99. The van der Waals surface area contributed by atoms with Gasteiger partial charge in [0.1, 0.15) is 6.26 Å². The van der Waals surface area contributed by atoms with E-state index in [1.165, 1.54) is 30.2 Å². The molecule has 7 heteroatoms. The van der Waals surface area contributed by atoms with Crippen LogP contribution in [0.5, 0.6) is 0 Å². The van der Waals surface area contributed by atoms with Gasteiger partial charge in [-0.2, -0.15) is 0 Å². The zero-order valence-corrected chi connectivity index (χ0v) is 9.73. The number of aryl methyl sites for hydroxylation is 1. The molecule has 2 aromatic rings. The Morgan fingerprint density at radius 3 is 2.82 bits per heavy atom. The lowest BCUT2D eigenvalue weighted by Gasteiger charge is -2.01. The first kappa shape index (κ1) is 11.5. The van der Waals surface area contributed by atoms with Gasteiger partial charge in [-0.25, -0.2) is 4.98 Å². The maximum Gasteiger partial charge on any atom is 0.271 e. The number of benzene rings is 1. The Kier molecular flexibility index (Phi) is 3.01. The molecule has 1 aromatic heterocycles. The number of nitrogen functional groups attached to an aromatic ring is 1. The lowest BCUT2D eigenvalue weighted by atomic mass is 10.3. The molecule has 0 aliphatic heterocycles. The number of rotatable bonds is 3. The third-order valence-corrected chi connectivity index (χ3v) is 2.95. The molecule has 2 rings (SSSR count). The van der Waals surface area contributed by atoms with Crippen LogP contribution in [0, 0.1) is 17.0 Å². The number of hydrogen-bond acceptors (Lipinski definition) is 6. The zero-order valence-electron chi connectivity index (χ0n) is 8.91. The highest BCUT2D eigenvalue weighted by Gasteiger charge is 2.11. The van der Waals surface area contributed by atoms with Crippen molar-refractivity contribution in [3.05, 3.63) is 40.3 Å². The topological polar surface area (TPSA) is 95.2 Å². The summed E-state index contributed by atoms with van der Waals surface area (Å²) in [6.45, 7) is 1.81. The lowest BCUT2D eigenvalue weighted by Crippen LogP contribution is -1.93. The first-order valence-corrected chi connectivity index (χ1v) is 5.52. The molecule has 88 valence electrons. The van der Waals surface area contributed by atoms with Crippen LogP contribution in [0.3, 0.4) is 0 Å². The number of anilines is 1. The Labute approximate surface area is 101 Å². The van der Waals surface area contributed by atoms with Crippen molar-refractivity contribution >= 4 is 23.1 Å². The lowest BCUT2D eigenvalue weighted by molar-refractivity contribution is -0.384. The molecular weight excluding hydrogens is 242 g/mol. The standard InChI is InChI=1S/C10H9N3O3S/c1-6-5-16-10(12-6)17-9-3-2-7(13(14)15)4-8(9)11/h2-5H,11H2,1H3. The Morgan fingerprint density at radius 2 is 2.29 bits per heavy atom. The van der Waals surface area contributed by atoms with Gasteiger partial charge in [-0.05, 0) is 24.8 Å². The maximum atomic E-state index is 10.5. The molecule has 1 aromatic carbocycles. The molecule has 0 fully saturated rings. The Balaban J connectivity index is 2.25. The molecule has 6 nitrogen and oxygen atoms in total. The number of oxazole rings is 1. The van der Waals surface area contributed by atoms with Crippen molar-refractivity contribution < 1.29 is 9.34 Å². The molecule has 0 radical (unpaired) electrons. The summed E-state index contributed by atoms with van der Waals surface area (Å²) in [6, 6.07) is 4.30. The van der Waals surface area contributed by atoms with Gasteiger partial charge in [0.25, 0.3) is 10.9 Å². The van der Waals surface area contributed by atoms with E-state index in [4.69, 9.17) is 10.2 Å². The molecule has 0 aliphatic rings. The molecule has 0 spiro atoms. The van der Waals surface area contributed by atoms with Crippen LogP contribution >= 0.6 is 11.8 Å². The van der Waals surface area contributed by atoms with Gasteiger partial charge in [-0.3, -0.25) is 10.1 Å². The van der Waals surface area contributed by atoms with E-state index in [0.29, 0.717) is 15.8 Å². The third kappa shape index (κ3) is 2.56. The van der Waals surface area contributed by atoms with E-state index < -0.39 is 4.92 Å². The van der Waals surface area contributed by atoms with Crippen LogP contribution in [-0.4, -0.2) is 9.91 Å². The molecule has 0 bridgehead atoms. The fourth-order valence-electron chi connectivity index (χ4n) is 1.22. The number of hydrogen-bond donors (Lipinski definition) is 1. The molecule has 0 unspecified atom stereocenters. The summed E-state index contributed by atoms with van der Waals surface area (Å²) >= 11 is 1.23. The van der Waals surface area contributed by atoms with Crippen LogP contribution in [0.15, 0.2) is 39.0 Å². The minimum atomic E-state index is -0.486. The average molecular weight is 251 g/mol. The predicted molar refractivity (Wildman–Crippen MR) is 62.9 cm³/mol. The SMILES string of the molecule is Cc1coc(Sc2ccc([N+](=O)[O-])cc2N)n1. The van der Waals surface area contributed by atoms with Crippen molar-refractivity contribution in [2.24, 2.45) is 0 Å². The van der Waals surface area contributed by atoms with E-state index in [2.05, 4.69) is 4.98 Å². The van der Waals surface area contributed by atoms with Gasteiger partial charge in [-0.15, -0.1) is 0 Å². The molecule has 1 heterocycles. The maximum absolute atomic E-state index is 10.5. The molecule has 2 N–H and O–H groups in total. The summed E-state index contributed by atoms with van der Waals surface area (Å²) in [5.41, 5.74) is 6.79. The highest BCUT2D eigenvalue weighted by atomic mass is 32.2. The minimum Gasteiger partial charge on any atom is -0.439 e. The number of non-ortho nitro benzene ring substituents is 1. The Hall–Kier alpha value is -2.02. The number of nitrogens with zero attached hydrogens (tertiary/aromatic N) is 2. The van der Waals surface area contributed by atoms with Crippen LogP contribution < -0.4 is 5.73 Å². The van der Waals surface area contributed by atoms with Gasteiger partial charge in [0.2, 0.25) is 0 Å². The van der Waals surface area contributed by atoms with Gasteiger partial charge in [0.15, 0.2) is 0 Å². The second-order valence-corrected chi connectivity index (χ2v) is 4.33. The fraction of sp³-hybridized carbons (Fsp3) is 0.100. The van der Waals surface area contributed by atoms with Crippen molar-refractivity contribution in [2.45, 2.75) is 17.0 Å². The van der Waals surface area contributed by atoms with Crippen molar-refractivity contribution in [1.29, 1.82) is 0 Å². The summed E-state index contributed by atoms with van der Waals surface area (Å²) in [5, 5.41) is 11.0. The molecule has 0 amide bonds. The smallest absolute Gasteiger partial charge is 0.271 e. The van der Waals surface area contributed by atoms with Crippen molar-refractivity contribution in [3.63, 3.8) is 0 Å². The van der Waals surface area contributed by atoms with Crippen LogP contribution in [0.2, 0.25) is 0 Å². The molecular formula is C10H9N3O3S. The van der Waals surface area contributed by atoms with Crippen molar-refractivity contribution in [3.8, 4) is 0 Å². The fourth-order valence-corrected chi connectivity index (χ4v) is 2.00. The van der Waals surface area contributed by atoms with E-state index in [0.717, 1.165) is 5.69 Å². The minimum absolute atomic E-state index is 0.0320. The van der Waals surface area contributed by atoms with Gasteiger partial charge in [0, 0.05) is 17.0 Å². The number of nitro benzene ring substituents is 1. The molecule has 17 heavy (non-hydrogen) atoms. The van der Waals surface area contributed by atoms with Gasteiger partial charge >= 0.3 is 0 Å². The normalized spacial score (nSPS) is 10.4. The molecule has 0 saturated heterocycles. The molecule has 0 saturated carbocycles. The monoisotopic (exact) mass is 251 g/mol. The first-order valence-electron chi connectivity index (χ1n) is 4.70. The van der Waals surface area contributed by atoms with E-state index in [9.17, 15) is 10.1 Å². The molecule has 0 aliphatic carbocycles. The van der Waals surface area contributed by atoms with Crippen molar-refractivity contribution in [1.82, 2.24) is 4.98 Å². The van der Waals surface area contributed by atoms with Crippen LogP contribution in [0.25, 0.3) is 0 Å². The largest absolute Gasteiger partial charge is 0.439 e. The summed E-state index contributed by atoms with van der Waals surface area (Å²) < 4.78 is 5.16. The summed E-state index contributed by atoms with van der Waals surface area (Å²) in [5.74, 6) is 0. The second-order valence-electron chi connectivity index (χ2n) is 3.34. The van der Waals surface area contributed by atoms with Gasteiger partial charge in [0.05, 0.1) is 16.3 Å². The van der Waals surface area contributed by atoms with E-state index >= 15 is 0 Å². The average Bonchev–Trinajstić information content (AvgIpc) is 2.67. The van der Waals surface area contributed by atoms with Gasteiger partial charge in [-0.1, -0.05) is 0 Å². The predicted octanol–water partition coefficient (Wildman–Crippen LogP) is 2.62. The molecule has 0 atom stereocenters. The summed E-state index contributed by atoms with van der Waals surface area (Å²) in [7, 11) is 0. The van der Waals surface area contributed by atoms with Gasteiger partial charge < -0.3 is 10.2 Å². The number of nitrogens with two attached hydrogens (primary N) is 1. The highest BCUT2D eigenvalue weighted by Crippen LogP contribution is 2.33. The number of aromatic nitrogens is 1. The van der Waals surface area contributed by atoms with Crippen LogP contribution in [-0.2, 0) is 0 Å². The quantitative estimate of drug-likeness (QED) is 0.511. The van der Waals surface area contributed by atoms with Crippen LogP contribution in [0.4, 0.5) is 11.4 Å². The van der Waals surface area contributed by atoms with Crippen LogP contribution in [0.1, 0.15) is 5.69 Å². The van der Waals surface area contributed by atoms with Crippen molar-refractivity contribution in [2.75, 3.05) is 5.73 Å². The summed E-state index contributed by atoms with van der Waals surface area (Å²) in [6.07, 6.45) is 1.53. The van der Waals surface area contributed by atoms with E-state index in [-0.39, 0.29) is 5.69 Å². The summed E-state index contributed by atoms with van der Waals surface area (Å²) in [4.78, 5) is 14.8. The van der Waals surface area contributed by atoms with E-state index in [1.807, 2.05) is 6.92 Å². The third-order valence-electron chi connectivity index (χ3n) is 2.00.